The van der Waals surface area contributed by atoms with Gasteiger partial charge in [-0.1, -0.05) is 6.92 Å². The van der Waals surface area contributed by atoms with Crippen LogP contribution >= 0.6 is 0 Å². The molecule has 0 heterocycles. The Kier molecular flexibility index (Phi) is 3.60. The number of rotatable bonds is 4. The van der Waals surface area contributed by atoms with Gasteiger partial charge >= 0.3 is 0 Å². The topological polar surface area (TPSA) is 59.0 Å². The van der Waals surface area contributed by atoms with Crippen molar-refractivity contribution >= 4 is 0 Å². The first-order valence-electron chi connectivity index (χ1n) is 7.44. The lowest BCUT2D eigenvalue weighted by atomic mass is 9.73. The van der Waals surface area contributed by atoms with Crippen molar-refractivity contribution in [3.05, 3.63) is 5.21 Å². The second kappa shape index (κ2) is 4.97. The maximum Gasteiger partial charge on any atom is 0.0720 e. The third-order valence-electron chi connectivity index (χ3n) is 5.83. The van der Waals surface area contributed by atoms with Crippen molar-refractivity contribution in [2.24, 2.45) is 35.5 Å². The van der Waals surface area contributed by atoms with Gasteiger partial charge in [0.15, 0.2) is 0 Å². The van der Waals surface area contributed by atoms with E-state index in [9.17, 15) is 10.3 Å². The molecule has 3 saturated carbocycles. The molecule has 3 aliphatic carbocycles. The standard InChI is InChI=1S/C14H25N2O3/c1-8-13(17)6-12-9-4-10(11(5-9)14(8)12)7-19-16(18)15(2)3/h8-14,17H,4-7H2,1-3H3/q-1. The zero-order valence-corrected chi connectivity index (χ0v) is 12.0. The highest BCUT2D eigenvalue weighted by molar-refractivity contribution is 5.07. The monoisotopic (exact) mass is 269 g/mol. The van der Waals surface area contributed by atoms with E-state index in [1.807, 2.05) is 0 Å². The van der Waals surface area contributed by atoms with Crippen molar-refractivity contribution in [3.8, 4) is 0 Å². The predicted octanol–water partition coefficient (Wildman–Crippen LogP) is 1.48. The molecule has 0 radical (unpaired) electrons. The second-order valence-electron chi connectivity index (χ2n) is 6.94. The van der Waals surface area contributed by atoms with Crippen LogP contribution in [-0.2, 0) is 4.84 Å². The minimum atomic E-state index is -0.113. The van der Waals surface area contributed by atoms with Gasteiger partial charge in [0.1, 0.15) is 0 Å². The summed E-state index contributed by atoms with van der Waals surface area (Å²) in [6, 6.07) is 0. The quantitative estimate of drug-likeness (QED) is 0.783. The molecular weight excluding hydrogens is 244 g/mol. The summed E-state index contributed by atoms with van der Waals surface area (Å²) in [6.07, 6.45) is 3.33. The molecule has 7 atom stereocenters. The molecular formula is C14H25N2O3-. The van der Waals surface area contributed by atoms with Crippen molar-refractivity contribution in [3.63, 3.8) is 0 Å². The molecule has 3 fully saturated rings. The van der Waals surface area contributed by atoms with E-state index in [1.54, 1.807) is 14.1 Å². The summed E-state index contributed by atoms with van der Waals surface area (Å²) >= 11 is 0. The highest BCUT2D eigenvalue weighted by Crippen LogP contribution is 2.62. The third kappa shape index (κ3) is 2.21. The van der Waals surface area contributed by atoms with E-state index in [0.29, 0.717) is 35.6 Å². The van der Waals surface area contributed by atoms with Crippen molar-refractivity contribution < 1.29 is 9.94 Å². The molecule has 5 nitrogen and oxygen atoms in total. The van der Waals surface area contributed by atoms with Gasteiger partial charge in [-0.25, -0.2) is 5.01 Å². The van der Waals surface area contributed by atoms with Gasteiger partial charge < -0.3 is 10.3 Å². The Hall–Kier alpha value is -0.200. The van der Waals surface area contributed by atoms with E-state index >= 15 is 0 Å². The van der Waals surface area contributed by atoms with E-state index < -0.39 is 0 Å². The van der Waals surface area contributed by atoms with Crippen LogP contribution in [0.25, 0.3) is 0 Å². The van der Waals surface area contributed by atoms with Crippen molar-refractivity contribution in [1.82, 2.24) is 10.3 Å². The van der Waals surface area contributed by atoms with Gasteiger partial charge in [-0.05, 0) is 54.8 Å². The van der Waals surface area contributed by atoms with Gasteiger partial charge in [-0.2, -0.15) is 5.34 Å². The summed E-state index contributed by atoms with van der Waals surface area (Å²) in [7, 11) is 3.36. The van der Waals surface area contributed by atoms with Crippen LogP contribution in [0.3, 0.4) is 0 Å². The Bertz CT molecular complexity index is 339. The van der Waals surface area contributed by atoms with Gasteiger partial charge in [-0.3, -0.25) is 4.84 Å². The van der Waals surface area contributed by atoms with Crippen LogP contribution in [0.2, 0.25) is 0 Å². The molecule has 0 aromatic carbocycles. The molecule has 2 bridgehead atoms. The maximum atomic E-state index is 11.4. The van der Waals surface area contributed by atoms with Crippen LogP contribution < -0.4 is 0 Å². The first-order valence-corrected chi connectivity index (χ1v) is 7.44. The molecule has 0 saturated heterocycles. The molecule has 110 valence electrons. The summed E-state index contributed by atoms with van der Waals surface area (Å²) in [4.78, 5) is 5.29. The molecule has 0 amide bonds. The first-order chi connectivity index (χ1) is 8.99. The minimum absolute atomic E-state index is 0.113. The lowest BCUT2D eigenvalue weighted by Crippen LogP contribution is -2.36. The molecule has 0 aromatic heterocycles. The van der Waals surface area contributed by atoms with E-state index in [1.165, 1.54) is 17.9 Å². The highest BCUT2D eigenvalue weighted by Gasteiger charge is 2.58. The molecule has 3 aliphatic rings. The van der Waals surface area contributed by atoms with Crippen molar-refractivity contribution in [2.45, 2.75) is 32.3 Å². The van der Waals surface area contributed by atoms with E-state index in [0.717, 1.165) is 18.3 Å². The van der Waals surface area contributed by atoms with Crippen molar-refractivity contribution in [2.75, 3.05) is 20.7 Å². The highest BCUT2D eigenvalue weighted by atomic mass is 16.9. The van der Waals surface area contributed by atoms with Gasteiger partial charge in [-0.15, -0.1) is 0 Å². The molecule has 7 unspecified atom stereocenters. The second-order valence-corrected chi connectivity index (χ2v) is 6.94. The third-order valence-corrected chi connectivity index (χ3v) is 5.83. The molecule has 3 rings (SSSR count). The van der Waals surface area contributed by atoms with Gasteiger partial charge in [0.05, 0.1) is 12.7 Å². The largest absolute Gasteiger partial charge is 0.748 e. The van der Waals surface area contributed by atoms with E-state index in [4.69, 9.17) is 4.84 Å². The van der Waals surface area contributed by atoms with Crippen LogP contribution in [0.1, 0.15) is 26.2 Å². The SMILES string of the molecule is CC1C(O)CC2C3CC(CON([O-])N(C)C)C(C3)C12. The number of hydrogen-bond donors (Lipinski definition) is 1. The Balaban J connectivity index is 1.60. The van der Waals surface area contributed by atoms with E-state index in [-0.39, 0.29) is 6.10 Å². The smallest absolute Gasteiger partial charge is 0.0720 e. The number of nitrogens with zero attached hydrogens (tertiary/aromatic N) is 2. The number of hydrogen-bond acceptors (Lipinski definition) is 5. The summed E-state index contributed by atoms with van der Waals surface area (Å²) in [5.41, 5.74) is 0. The molecule has 5 heteroatoms. The Morgan fingerprint density at radius 1 is 1.21 bits per heavy atom. The zero-order chi connectivity index (χ0) is 13.7. The van der Waals surface area contributed by atoms with Gasteiger partial charge in [0.2, 0.25) is 0 Å². The van der Waals surface area contributed by atoms with Crippen LogP contribution in [0.5, 0.6) is 0 Å². The fourth-order valence-corrected chi connectivity index (χ4v) is 5.00. The fraction of sp³-hybridized carbons (Fsp3) is 1.00. The average molecular weight is 269 g/mol. The predicted molar refractivity (Wildman–Crippen MR) is 71.3 cm³/mol. The number of fused-ring (bicyclic) bond motifs is 5. The maximum absolute atomic E-state index is 11.4. The number of hydrazine groups is 1. The lowest BCUT2D eigenvalue weighted by Gasteiger charge is -2.37. The molecule has 0 aromatic rings. The number of aliphatic hydroxyl groups is 1. The van der Waals surface area contributed by atoms with Crippen LogP contribution in [0.15, 0.2) is 0 Å². The Morgan fingerprint density at radius 2 is 1.95 bits per heavy atom. The van der Waals surface area contributed by atoms with Crippen molar-refractivity contribution in [1.29, 1.82) is 0 Å². The lowest BCUT2D eigenvalue weighted by molar-refractivity contribution is -0.242. The minimum Gasteiger partial charge on any atom is -0.748 e. The van der Waals surface area contributed by atoms with Crippen LogP contribution in [0, 0.1) is 40.7 Å². The van der Waals surface area contributed by atoms with Crippen LogP contribution in [-0.4, -0.2) is 42.3 Å². The molecule has 19 heavy (non-hydrogen) atoms. The van der Waals surface area contributed by atoms with Gasteiger partial charge in [0.25, 0.3) is 0 Å². The first kappa shape index (κ1) is 13.8. The molecule has 0 spiro atoms. The zero-order valence-electron chi connectivity index (χ0n) is 12.0. The van der Waals surface area contributed by atoms with Gasteiger partial charge in [0, 0.05) is 14.1 Å². The van der Waals surface area contributed by atoms with E-state index in [2.05, 4.69) is 6.92 Å². The Labute approximate surface area is 115 Å². The molecule has 0 aliphatic heterocycles. The normalized spacial score (nSPS) is 48.5. The summed E-state index contributed by atoms with van der Waals surface area (Å²) in [5.74, 6) is 3.70. The Morgan fingerprint density at radius 3 is 2.63 bits per heavy atom. The van der Waals surface area contributed by atoms with Crippen LogP contribution in [0.4, 0.5) is 0 Å². The fourth-order valence-electron chi connectivity index (χ4n) is 5.00. The molecule has 1 N–H and O–H groups in total. The number of aliphatic hydroxyl groups excluding tert-OH is 1. The summed E-state index contributed by atoms with van der Waals surface area (Å²) in [5, 5.41) is 23.4. The average Bonchev–Trinajstić information content (AvgIpc) is 2.99. The summed E-state index contributed by atoms with van der Waals surface area (Å²) in [6.45, 7) is 2.71. The summed E-state index contributed by atoms with van der Waals surface area (Å²) < 4.78 is 0.